The lowest BCUT2D eigenvalue weighted by atomic mass is 10.5. The molecule has 6 nitrogen and oxygen atoms in total. The number of aryl methyl sites for hydroxylation is 1. The molecule has 7 heteroatoms. The highest BCUT2D eigenvalue weighted by molar-refractivity contribution is 7.89. The highest BCUT2D eigenvalue weighted by Crippen LogP contribution is 2.12. The van der Waals surface area contributed by atoms with Crippen LogP contribution in [0.2, 0.25) is 0 Å². The average molecular weight is 233 g/mol. The van der Waals surface area contributed by atoms with E-state index in [0.717, 1.165) is 0 Å². The minimum Gasteiger partial charge on any atom is -0.383 e. The number of ether oxygens (including phenoxy) is 1. The normalized spacial score (nSPS) is 11.9. The fourth-order valence-corrected chi connectivity index (χ4v) is 2.31. The van der Waals surface area contributed by atoms with Crippen molar-refractivity contribution in [3.8, 4) is 0 Å². The summed E-state index contributed by atoms with van der Waals surface area (Å²) in [5.74, 6) is 0. The van der Waals surface area contributed by atoms with Crippen LogP contribution in [0.3, 0.4) is 0 Å². The number of nitrogens with one attached hydrogen (secondary N) is 1. The van der Waals surface area contributed by atoms with Gasteiger partial charge in [-0.2, -0.15) is 5.10 Å². The van der Waals surface area contributed by atoms with Crippen LogP contribution < -0.4 is 4.72 Å². The second-order valence-corrected chi connectivity index (χ2v) is 4.84. The van der Waals surface area contributed by atoms with E-state index in [4.69, 9.17) is 4.74 Å². The molecule has 1 rings (SSSR count). The number of aromatic nitrogens is 2. The van der Waals surface area contributed by atoms with Crippen LogP contribution in [-0.4, -0.2) is 38.5 Å². The summed E-state index contributed by atoms with van der Waals surface area (Å²) in [5, 5.41) is 3.88. The van der Waals surface area contributed by atoms with Crippen LogP contribution in [-0.2, 0) is 21.8 Å². The van der Waals surface area contributed by atoms with Gasteiger partial charge >= 0.3 is 0 Å². The number of hydrogen-bond acceptors (Lipinski definition) is 4. The van der Waals surface area contributed by atoms with Crippen molar-refractivity contribution in [2.75, 3.05) is 20.3 Å². The topological polar surface area (TPSA) is 73.2 Å². The smallest absolute Gasteiger partial charge is 0.244 e. The Morgan fingerprint density at radius 3 is 2.73 bits per heavy atom. The Morgan fingerprint density at radius 2 is 2.27 bits per heavy atom. The zero-order chi connectivity index (χ0) is 11.5. The van der Waals surface area contributed by atoms with Gasteiger partial charge in [-0.25, -0.2) is 13.1 Å². The van der Waals surface area contributed by atoms with E-state index < -0.39 is 10.0 Å². The lowest BCUT2D eigenvalue weighted by Gasteiger charge is -2.05. The molecule has 1 aromatic rings. The Bertz CT molecular complexity index is 424. The molecule has 0 saturated heterocycles. The molecule has 0 atom stereocenters. The number of sulfonamides is 1. The maximum absolute atomic E-state index is 11.7. The van der Waals surface area contributed by atoms with E-state index >= 15 is 0 Å². The molecule has 0 radical (unpaired) electrons. The molecule has 0 spiro atoms. The van der Waals surface area contributed by atoms with E-state index in [-0.39, 0.29) is 11.4 Å². The Kier molecular flexibility index (Phi) is 3.83. The first-order chi connectivity index (χ1) is 6.99. The van der Waals surface area contributed by atoms with Crippen molar-refractivity contribution in [1.29, 1.82) is 0 Å². The Labute approximate surface area is 89.3 Å². The van der Waals surface area contributed by atoms with Crippen LogP contribution in [0, 0.1) is 6.92 Å². The third-order valence-electron chi connectivity index (χ3n) is 2.08. The van der Waals surface area contributed by atoms with Crippen LogP contribution in [0.25, 0.3) is 0 Å². The molecule has 0 saturated carbocycles. The predicted molar refractivity (Wildman–Crippen MR) is 55.0 cm³/mol. The van der Waals surface area contributed by atoms with Crippen molar-refractivity contribution in [3.05, 3.63) is 11.9 Å². The summed E-state index contributed by atoms with van der Waals surface area (Å²) in [6.45, 7) is 2.31. The molecule has 0 bridgehead atoms. The number of rotatable bonds is 5. The van der Waals surface area contributed by atoms with Crippen LogP contribution >= 0.6 is 0 Å². The van der Waals surface area contributed by atoms with Gasteiger partial charge in [-0.1, -0.05) is 0 Å². The SMILES string of the molecule is COCCNS(=O)(=O)c1cnn(C)c1C. The molecule has 0 unspecified atom stereocenters. The van der Waals surface area contributed by atoms with Gasteiger partial charge in [0.25, 0.3) is 0 Å². The standard InChI is InChI=1S/C8H15N3O3S/c1-7-8(6-9-11(7)2)15(12,13)10-4-5-14-3/h6,10H,4-5H2,1-3H3. The van der Waals surface area contributed by atoms with Crippen LogP contribution in [0.5, 0.6) is 0 Å². The van der Waals surface area contributed by atoms with E-state index in [2.05, 4.69) is 9.82 Å². The maximum atomic E-state index is 11.7. The lowest BCUT2D eigenvalue weighted by molar-refractivity contribution is 0.204. The maximum Gasteiger partial charge on any atom is 0.244 e. The minimum atomic E-state index is -3.46. The van der Waals surface area contributed by atoms with E-state index in [1.165, 1.54) is 18.0 Å². The molecule has 15 heavy (non-hydrogen) atoms. The van der Waals surface area contributed by atoms with Gasteiger partial charge in [0.1, 0.15) is 4.90 Å². The molecule has 0 amide bonds. The Morgan fingerprint density at radius 1 is 1.60 bits per heavy atom. The number of hydrogen-bond donors (Lipinski definition) is 1. The molecule has 0 aromatic carbocycles. The van der Waals surface area contributed by atoms with Gasteiger partial charge in [-0.05, 0) is 6.92 Å². The fourth-order valence-electron chi connectivity index (χ4n) is 1.10. The molecular weight excluding hydrogens is 218 g/mol. The average Bonchev–Trinajstić information content (AvgIpc) is 2.48. The monoisotopic (exact) mass is 233 g/mol. The molecule has 0 fully saturated rings. The van der Waals surface area contributed by atoms with Crippen LogP contribution in [0.4, 0.5) is 0 Å². The molecule has 1 heterocycles. The predicted octanol–water partition coefficient (Wildman–Crippen LogP) is -0.347. The number of nitrogens with zero attached hydrogens (tertiary/aromatic N) is 2. The van der Waals surface area contributed by atoms with E-state index in [1.807, 2.05) is 0 Å². The van der Waals surface area contributed by atoms with Gasteiger partial charge in [0.15, 0.2) is 0 Å². The zero-order valence-corrected chi connectivity index (χ0v) is 9.84. The summed E-state index contributed by atoms with van der Waals surface area (Å²) in [4.78, 5) is 0.209. The molecule has 0 aliphatic heterocycles. The third-order valence-corrected chi connectivity index (χ3v) is 3.64. The molecule has 86 valence electrons. The van der Waals surface area contributed by atoms with Crippen LogP contribution in [0.15, 0.2) is 11.1 Å². The van der Waals surface area contributed by atoms with E-state index in [1.54, 1.807) is 14.0 Å². The first-order valence-electron chi connectivity index (χ1n) is 4.46. The first-order valence-corrected chi connectivity index (χ1v) is 5.94. The summed E-state index contributed by atoms with van der Waals surface area (Å²) in [6, 6.07) is 0. The molecule has 0 aliphatic carbocycles. The highest BCUT2D eigenvalue weighted by Gasteiger charge is 2.18. The van der Waals surface area contributed by atoms with Gasteiger partial charge in [0.2, 0.25) is 10.0 Å². The minimum absolute atomic E-state index is 0.209. The summed E-state index contributed by atoms with van der Waals surface area (Å²) >= 11 is 0. The summed E-state index contributed by atoms with van der Waals surface area (Å²) in [5.41, 5.74) is 0.611. The van der Waals surface area contributed by atoms with E-state index in [0.29, 0.717) is 12.3 Å². The third kappa shape index (κ3) is 2.77. The largest absolute Gasteiger partial charge is 0.383 e. The lowest BCUT2D eigenvalue weighted by Crippen LogP contribution is -2.27. The van der Waals surface area contributed by atoms with Crippen molar-refractivity contribution < 1.29 is 13.2 Å². The van der Waals surface area contributed by atoms with Gasteiger partial charge < -0.3 is 4.74 Å². The first kappa shape index (κ1) is 12.2. The molecular formula is C8H15N3O3S. The van der Waals surface area contributed by atoms with Gasteiger partial charge in [0, 0.05) is 20.7 Å². The quantitative estimate of drug-likeness (QED) is 0.706. The molecule has 0 aliphatic rings. The summed E-state index contributed by atoms with van der Waals surface area (Å²) in [7, 11) is -0.240. The Balaban J connectivity index is 2.82. The number of methoxy groups -OCH3 is 1. The van der Waals surface area contributed by atoms with Gasteiger partial charge in [-0.3, -0.25) is 4.68 Å². The van der Waals surface area contributed by atoms with E-state index in [9.17, 15) is 8.42 Å². The second kappa shape index (κ2) is 4.73. The second-order valence-electron chi connectivity index (χ2n) is 3.11. The van der Waals surface area contributed by atoms with Crippen molar-refractivity contribution >= 4 is 10.0 Å². The van der Waals surface area contributed by atoms with Gasteiger partial charge in [0.05, 0.1) is 18.5 Å². The zero-order valence-electron chi connectivity index (χ0n) is 9.02. The molecule has 1 N–H and O–H groups in total. The summed E-state index contributed by atoms with van der Waals surface area (Å²) in [6.07, 6.45) is 1.34. The van der Waals surface area contributed by atoms with Crippen molar-refractivity contribution in [3.63, 3.8) is 0 Å². The highest BCUT2D eigenvalue weighted by atomic mass is 32.2. The van der Waals surface area contributed by atoms with Crippen molar-refractivity contribution in [2.45, 2.75) is 11.8 Å². The van der Waals surface area contributed by atoms with Crippen LogP contribution in [0.1, 0.15) is 5.69 Å². The van der Waals surface area contributed by atoms with Crippen molar-refractivity contribution in [1.82, 2.24) is 14.5 Å². The Hall–Kier alpha value is -0.920. The molecule has 1 aromatic heterocycles. The summed E-state index contributed by atoms with van der Waals surface area (Å²) < 4.78 is 32.1. The fraction of sp³-hybridized carbons (Fsp3) is 0.625. The van der Waals surface area contributed by atoms with Gasteiger partial charge in [-0.15, -0.1) is 0 Å². The van der Waals surface area contributed by atoms with Crippen molar-refractivity contribution in [2.24, 2.45) is 7.05 Å².